The Balaban J connectivity index is 0.00000576. The van der Waals surface area contributed by atoms with Crippen LogP contribution in [0.3, 0.4) is 0 Å². The summed E-state index contributed by atoms with van der Waals surface area (Å²) in [6.07, 6.45) is 0.496. The molecule has 0 fully saturated rings. The SMILES string of the molecule is CC(C)C(N)CCN(C)S(=O)(=O)c1ccccc1S(=O)(=O)N(C)C.Cl. The van der Waals surface area contributed by atoms with Gasteiger partial charge in [-0.05, 0) is 24.5 Å². The molecule has 0 saturated heterocycles. The molecule has 1 atom stereocenters. The van der Waals surface area contributed by atoms with E-state index < -0.39 is 20.0 Å². The first-order chi connectivity index (χ1) is 10.9. The Labute approximate surface area is 157 Å². The van der Waals surface area contributed by atoms with Crippen LogP contribution in [-0.4, -0.2) is 59.2 Å². The number of nitrogens with zero attached hydrogens (tertiary/aromatic N) is 2. The fourth-order valence-corrected chi connectivity index (χ4v) is 4.88. The molecule has 0 aliphatic carbocycles. The minimum absolute atomic E-state index is 0. The quantitative estimate of drug-likeness (QED) is 0.693. The Hall–Kier alpha value is -0.710. The minimum Gasteiger partial charge on any atom is -0.327 e. The van der Waals surface area contributed by atoms with E-state index in [1.807, 2.05) is 13.8 Å². The maximum absolute atomic E-state index is 12.8. The van der Waals surface area contributed by atoms with Gasteiger partial charge in [-0.15, -0.1) is 12.4 Å². The van der Waals surface area contributed by atoms with E-state index in [2.05, 4.69) is 0 Å². The van der Waals surface area contributed by atoms with Crippen LogP contribution >= 0.6 is 12.4 Å². The van der Waals surface area contributed by atoms with Crippen LogP contribution in [0.25, 0.3) is 0 Å². The third kappa shape index (κ3) is 5.63. The summed E-state index contributed by atoms with van der Waals surface area (Å²) in [7, 11) is -3.64. The summed E-state index contributed by atoms with van der Waals surface area (Å²) >= 11 is 0. The van der Waals surface area contributed by atoms with Crippen LogP contribution in [0, 0.1) is 5.92 Å². The molecule has 146 valence electrons. The van der Waals surface area contributed by atoms with Crippen molar-refractivity contribution < 1.29 is 16.8 Å². The first kappa shape index (κ1) is 24.3. The topological polar surface area (TPSA) is 101 Å². The Bertz CT molecular complexity index is 765. The van der Waals surface area contributed by atoms with Gasteiger partial charge < -0.3 is 5.73 Å². The van der Waals surface area contributed by atoms with Crippen molar-refractivity contribution in [3.63, 3.8) is 0 Å². The minimum atomic E-state index is -3.94. The number of rotatable bonds is 8. The van der Waals surface area contributed by atoms with Crippen molar-refractivity contribution in [1.29, 1.82) is 0 Å². The maximum atomic E-state index is 12.8. The Morgan fingerprint density at radius 3 is 1.80 bits per heavy atom. The molecule has 0 bridgehead atoms. The Morgan fingerprint density at radius 2 is 1.40 bits per heavy atom. The van der Waals surface area contributed by atoms with Gasteiger partial charge in [0.05, 0.1) is 0 Å². The third-order valence-electron chi connectivity index (χ3n) is 3.93. The van der Waals surface area contributed by atoms with Gasteiger partial charge in [0.1, 0.15) is 9.79 Å². The first-order valence-corrected chi connectivity index (χ1v) is 10.5. The number of benzene rings is 1. The molecule has 1 aromatic carbocycles. The molecule has 0 spiro atoms. The van der Waals surface area contributed by atoms with Gasteiger partial charge in [-0.25, -0.2) is 25.4 Å². The molecule has 1 aromatic rings. The molecule has 0 heterocycles. The lowest BCUT2D eigenvalue weighted by Crippen LogP contribution is -2.35. The fraction of sp³-hybridized carbons (Fsp3) is 0.600. The van der Waals surface area contributed by atoms with Crippen molar-refractivity contribution in [3.8, 4) is 0 Å². The molecule has 0 aliphatic heterocycles. The lowest BCUT2D eigenvalue weighted by molar-refractivity contribution is 0.396. The summed E-state index contributed by atoms with van der Waals surface area (Å²) in [5.74, 6) is 0.238. The van der Waals surface area contributed by atoms with Crippen LogP contribution in [0.1, 0.15) is 20.3 Å². The zero-order valence-corrected chi connectivity index (χ0v) is 17.7. The van der Waals surface area contributed by atoms with Crippen molar-refractivity contribution in [1.82, 2.24) is 8.61 Å². The van der Waals surface area contributed by atoms with E-state index >= 15 is 0 Å². The molecular weight excluding hydrogens is 386 g/mol. The predicted molar refractivity (Wildman–Crippen MR) is 102 cm³/mol. The average Bonchev–Trinajstić information content (AvgIpc) is 2.51. The van der Waals surface area contributed by atoms with Crippen molar-refractivity contribution in [2.75, 3.05) is 27.7 Å². The van der Waals surface area contributed by atoms with E-state index in [1.54, 1.807) is 0 Å². The van der Waals surface area contributed by atoms with E-state index in [0.717, 1.165) is 8.61 Å². The second-order valence-electron chi connectivity index (χ2n) is 6.26. The van der Waals surface area contributed by atoms with Crippen LogP contribution in [0.4, 0.5) is 0 Å². The molecule has 0 saturated carbocycles. The number of halogens is 1. The van der Waals surface area contributed by atoms with Crippen LogP contribution in [0.2, 0.25) is 0 Å². The molecule has 0 amide bonds. The predicted octanol–water partition coefficient (Wildman–Crippen LogP) is 1.35. The average molecular weight is 414 g/mol. The molecule has 0 radical (unpaired) electrons. The molecule has 7 nitrogen and oxygen atoms in total. The molecule has 2 N–H and O–H groups in total. The molecule has 0 aliphatic rings. The summed E-state index contributed by atoms with van der Waals surface area (Å²) in [4.78, 5) is -0.450. The van der Waals surface area contributed by atoms with Gasteiger partial charge in [-0.2, -0.15) is 0 Å². The first-order valence-electron chi connectivity index (χ1n) is 7.65. The van der Waals surface area contributed by atoms with Gasteiger partial charge in [0.2, 0.25) is 20.0 Å². The van der Waals surface area contributed by atoms with Crippen LogP contribution in [0.15, 0.2) is 34.1 Å². The Morgan fingerprint density at radius 1 is 0.960 bits per heavy atom. The van der Waals surface area contributed by atoms with Gasteiger partial charge in [0, 0.05) is 33.7 Å². The lowest BCUT2D eigenvalue weighted by Gasteiger charge is -2.23. The smallest absolute Gasteiger partial charge is 0.244 e. The number of nitrogens with two attached hydrogens (primary N) is 1. The molecule has 25 heavy (non-hydrogen) atoms. The van der Waals surface area contributed by atoms with Crippen molar-refractivity contribution >= 4 is 32.5 Å². The zero-order valence-electron chi connectivity index (χ0n) is 15.2. The van der Waals surface area contributed by atoms with Gasteiger partial charge in [0.25, 0.3) is 0 Å². The molecule has 1 unspecified atom stereocenters. The van der Waals surface area contributed by atoms with Crippen LogP contribution in [-0.2, 0) is 20.0 Å². The largest absolute Gasteiger partial charge is 0.327 e. The van der Waals surface area contributed by atoms with Gasteiger partial charge in [-0.3, -0.25) is 0 Å². The molecule has 10 heteroatoms. The molecular formula is C15H28ClN3O4S2. The van der Waals surface area contributed by atoms with Crippen molar-refractivity contribution in [2.45, 2.75) is 36.1 Å². The standard InChI is InChI=1S/C15H27N3O4S2.ClH/c1-12(2)13(16)10-11-18(5)24(21,22)15-9-7-6-8-14(15)23(19,20)17(3)4;/h6-9,12-13H,10-11,16H2,1-5H3;1H. The second kappa shape index (κ2) is 9.29. The number of sulfonamides is 2. The lowest BCUT2D eigenvalue weighted by atomic mass is 10.0. The highest BCUT2D eigenvalue weighted by atomic mass is 35.5. The molecule has 0 aromatic heterocycles. The highest BCUT2D eigenvalue weighted by molar-refractivity contribution is 7.92. The monoisotopic (exact) mass is 413 g/mol. The highest BCUT2D eigenvalue weighted by Crippen LogP contribution is 2.25. The highest BCUT2D eigenvalue weighted by Gasteiger charge is 2.30. The van der Waals surface area contributed by atoms with Crippen LogP contribution in [0.5, 0.6) is 0 Å². The Kier molecular flexibility index (Phi) is 9.03. The number of hydrogen-bond acceptors (Lipinski definition) is 5. The van der Waals surface area contributed by atoms with Crippen molar-refractivity contribution in [3.05, 3.63) is 24.3 Å². The molecule has 1 rings (SSSR count). The summed E-state index contributed by atoms with van der Waals surface area (Å²) in [5.41, 5.74) is 5.96. The van der Waals surface area contributed by atoms with E-state index in [9.17, 15) is 16.8 Å². The summed E-state index contributed by atoms with van der Waals surface area (Å²) in [6, 6.07) is 5.50. The van der Waals surface area contributed by atoms with Gasteiger partial charge in [-0.1, -0.05) is 26.0 Å². The maximum Gasteiger partial charge on any atom is 0.244 e. The fourth-order valence-electron chi connectivity index (χ4n) is 2.03. The van der Waals surface area contributed by atoms with Gasteiger partial charge in [0.15, 0.2) is 0 Å². The third-order valence-corrected chi connectivity index (χ3v) is 7.85. The van der Waals surface area contributed by atoms with Crippen LogP contribution < -0.4 is 5.73 Å². The zero-order chi connectivity index (χ0) is 18.7. The van der Waals surface area contributed by atoms with Crippen molar-refractivity contribution in [2.24, 2.45) is 11.7 Å². The van der Waals surface area contributed by atoms with E-state index in [0.29, 0.717) is 6.42 Å². The number of hydrogen-bond donors (Lipinski definition) is 1. The summed E-state index contributed by atoms with van der Waals surface area (Å²) < 4.78 is 52.6. The normalized spacial score (nSPS) is 14.0. The van der Waals surface area contributed by atoms with E-state index in [-0.39, 0.29) is 40.7 Å². The summed E-state index contributed by atoms with van der Waals surface area (Å²) in [5, 5.41) is 0. The van der Waals surface area contributed by atoms with E-state index in [4.69, 9.17) is 5.73 Å². The second-order valence-corrected chi connectivity index (χ2v) is 10.4. The van der Waals surface area contributed by atoms with Gasteiger partial charge >= 0.3 is 0 Å². The summed E-state index contributed by atoms with van der Waals surface area (Å²) in [6.45, 7) is 4.16. The van der Waals surface area contributed by atoms with E-state index in [1.165, 1.54) is 45.4 Å².